The fraction of sp³-hybridized carbons (Fsp3) is 0.476. The molecule has 9 heteroatoms. The van der Waals surface area contributed by atoms with E-state index in [9.17, 15) is 9.59 Å². The van der Waals surface area contributed by atoms with Crippen molar-refractivity contribution in [1.82, 2.24) is 20.6 Å². The fourth-order valence-corrected chi connectivity index (χ4v) is 2.92. The number of amides is 2. The molecule has 0 aliphatic carbocycles. The molecule has 2 amide bonds. The Morgan fingerprint density at radius 1 is 0.933 bits per heavy atom. The van der Waals surface area contributed by atoms with Crippen molar-refractivity contribution in [2.45, 2.75) is 46.1 Å². The number of benzene rings is 1. The van der Waals surface area contributed by atoms with Crippen molar-refractivity contribution in [3.05, 3.63) is 35.2 Å². The van der Waals surface area contributed by atoms with E-state index in [1.54, 1.807) is 6.07 Å². The maximum absolute atomic E-state index is 12.6. The summed E-state index contributed by atoms with van der Waals surface area (Å²) in [7, 11) is 4.39. The van der Waals surface area contributed by atoms with Gasteiger partial charge in [-0.15, -0.1) is 0 Å². The average molecular weight is 418 g/mol. The van der Waals surface area contributed by atoms with Crippen LogP contribution in [0.4, 0.5) is 0 Å². The minimum absolute atomic E-state index is 0.187. The van der Waals surface area contributed by atoms with Crippen LogP contribution in [-0.4, -0.2) is 42.9 Å². The van der Waals surface area contributed by atoms with Crippen LogP contribution in [0.1, 0.15) is 67.1 Å². The van der Waals surface area contributed by atoms with Crippen LogP contribution in [-0.2, 0) is 5.54 Å². The van der Waals surface area contributed by atoms with E-state index in [0.717, 1.165) is 5.69 Å². The first kappa shape index (κ1) is 23.1. The molecule has 2 aromatic rings. The number of carbonyl (C=O) groups is 2. The molecule has 164 valence electrons. The Morgan fingerprint density at radius 3 is 1.87 bits per heavy atom. The summed E-state index contributed by atoms with van der Waals surface area (Å²) in [5.41, 5.74) is 5.90. The molecular weight excluding hydrogens is 388 g/mol. The zero-order chi connectivity index (χ0) is 22.6. The molecule has 9 nitrogen and oxygen atoms in total. The van der Waals surface area contributed by atoms with Crippen LogP contribution in [0.3, 0.4) is 0 Å². The number of hydrogen-bond donors (Lipinski definition) is 2. The number of methoxy groups -OCH3 is 3. The zero-order valence-corrected chi connectivity index (χ0v) is 18.7. The number of carbonyl (C=O) groups excluding carboxylic acids is 2. The minimum Gasteiger partial charge on any atom is -0.493 e. The van der Waals surface area contributed by atoms with Gasteiger partial charge in [0.2, 0.25) is 5.75 Å². The lowest BCUT2D eigenvalue weighted by atomic mass is 10.1. The Bertz CT molecular complexity index is 903. The highest BCUT2D eigenvalue weighted by Crippen LogP contribution is 2.38. The second kappa shape index (κ2) is 9.06. The number of rotatable bonds is 6. The molecule has 30 heavy (non-hydrogen) atoms. The van der Waals surface area contributed by atoms with Gasteiger partial charge in [-0.1, -0.05) is 13.8 Å². The predicted octanol–water partition coefficient (Wildman–Crippen LogP) is 2.86. The van der Waals surface area contributed by atoms with Crippen molar-refractivity contribution in [2.24, 2.45) is 0 Å². The summed E-state index contributed by atoms with van der Waals surface area (Å²) in [5.74, 6) is 0.168. The Labute approximate surface area is 176 Å². The standard InChI is InChI=1S/C21H30N4O5/c1-12(2)15-11-14(24-25(15)21(3,4)5)20(27)23-22-19(26)13-9-16(28-6)18(30-8)17(10-13)29-7/h9-12H,1-8H3,(H,22,26)(H,23,27). The Kier molecular flexibility index (Phi) is 6.96. The normalized spacial score (nSPS) is 11.2. The second-order valence-corrected chi connectivity index (χ2v) is 8.01. The number of nitrogens with one attached hydrogen (secondary N) is 2. The molecule has 0 spiro atoms. The van der Waals surface area contributed by atoms with Crippen LogP contribution in [0.2, 0.25) is 0 Å². The van der Waals surface area contributed by atoms with E-state index in [-0.39, 0.29) is 22.7 Å². The van der Waals surface area contributed by atoms with Gasteiger partial charge in [0.05, 0.1) is 26.9 Å². The van der Waals surface area contributed by atoms with Crippen molar-refractivity contribution in [2.75, 3.05) is 21.3 Å². The highest BCUT2D eigenvalue weighted by Gasteiger charge is 2.24. The van der Waals surface area contributed by atoms with Gasteiger partial charge in [0, 0.05) is 11.3 Å². The van der Waals surface area contributed by atoms with Crippen LogP contribution < -0.4 is 25.1 Å². The van der Waals surface area contributed by atoms with Crippen molar-refractivity contribution >= 4 is 11.8 Å². The molecule has 0 saturated carbocycles. The molecule has 0 unspecified atom stereocenters. The van der Waals surface area contributed by atoms with Gasteiger partial charge >= 0.3 is 0 Å². The Morgan fingerprint density at radius 2 is 1.47 bits per heavy atom. The summed E-state index contributed by atoms with van der Waals surface area (Å²) in [6.07, 6.45) is 0. The number of hydrogen-bond acceptors (Lipinski definition) is 6. The van der Waals surface area contributed by atoms with Crippen LogP contribution in [0.15, 0.2) is 18.2 Å². The monoisotopic (exact) mass is 418 g/mol. The van der Waals surface area contributed by atoms with E-state index in [1.807, 2.05) is 39.3 Å². The molecule has 1 aromatic carbocycles. The summed E-state index contributed by atoms with van der Waals surface area (Å²) < 4.78 is 17.6. The molecule has 0 fully saturated rings. The summed E-state index contributed by atoms with van der Waals surface area (Å²) in [4.78, 5) is 25.1. The van der Waals surface area contributed by atoms with Crippen molar-refractivity contribution in [1.29, 1.82) is 0 Å². The first-order valence-electron chi connectivity index (χ1n) is 9.54. The lowest BCUT2D eigenvalue weighted by Crippen LogP contribution is -2.42. The molecule has 0 saturated heterocycles. The molecular formula is C21H30N4O5. The van der Waals surface area contributed by atoms with E-state index < -0.39 is 11.8 Å². The number of aromatic nitrogens is 2. The smallest absolute Gasteiger partial charge is 0.290 e. The van der Waals surface area contributed by atoms with Gasteiger partial charge in [-0.2, -0.15) is 5.10 Å². The van der Waals surface area contributed by atoms with Crippen molar-refractivity contribution < 1.29 is 23.8 Å². The molecule has 0 radical (unpaired) electrons. The maximum atomic E-state index is 12.6. The largest absolute Gasteiger partial charge is 0.493 e. The topological polar surface area (TPSA) is 104 Å². The zero-order valence-electron chi connectivity index (χ0n) is 18.7. The highest BCUT2D eigenvalue weighted by molar-refractivity contribution is 5.99. The second-order valence-electron chi connectivity index (χ2n) is 8.01. The van der Waals surface area contributed by atoms with E-state index >= 15 is 0 Å². The number of hydrazine groups is 1. The first-order valence-corrected chi connectivity index (χ1v) is 9.54. The molecule has 0 bridgehead atoms. The van der Waals surface area contributed by atoms with E-state index in [2.05, 4.69) is 16.0 Å². The lowest BCUT2D eigenvalue weighted by molar-refractivity contribution is 0.0842. The van der Waals surface area contributed by atoms with Crippen molar-refractivity contribution in [3.63, 3.8) is 0 Å². The summed E-state index contributed by atoms with van der Waals surface area (Å²) in [5, 5.41) is 4.43. The van der Waals surface area contributed by atoms with Gasteiger partial charge < -0.3 is 14.2 Å². The summed E-state index contributed by atoms with van der Waals surface area (Å²) in [6, 6.07) is 4.72. The average Bonchev–Trinajstić information content (AvgIpc) is 3.17. The van der Waals surface area contributed by atoms with Gasteiger partial charge in [-0.3, -0.25) is 25.1 Å². The first-order chi connectivity index (χ1) is 14.0. The third-order valence-corrected chi connectivity index (χ3v) is 4.41. The molecule has 1 heterocycles. The van der Waals surface area contributed by atoms with Crippen molar-refractivity contribution in [3.8, 4) is 17.2 Å². The number of ether oxygens (including phenoxy) is 3. The van der Waals surface area contributed by atoms with Gasteiger partial charge in [0.15, 0.2) is 17.2 Å². The fourth-order valence-electron chi connectivity index (χ4n) is 2.92. The highest BCUT2D eigenvalue weighted by atomic mass is 16.5. The molecule has 0 aliphatic rings. The van der Waals surface area contributed by atoms with Gasteiger partial charge in [-0.05, 0) is 44.9 Å². The molecule has 0 atom stereocenters. The van der Waals surface area contributed by atoms with Gasteiger partial charge in [0.25, 0.3) is 11.8 Å². The van der Waals surface area contributed by atoms with Crippen LogP contribution >= 0.6 is 0 Å². The SMILES string of the molecule is COc1cc(C(=O)NNC(=O)c2cc(C(C)C)n(C(C)(C)C)n2)cc(OC)c1OC. The third-order valence-electron chi connectivity index (χ3n) is 4.41. The van der Waals surface area contributed by atoms with Crippen LogP contribution in [0.25, 0.3) is 0 Å². The Hall–Kier alpha value is -3.23. The third kappa shape index (κ3) is 4.84. The molecule has 1 aromatic heterocycles. The molecule has 0 aliphatic heterocycles. The maximum Gasteiger partial charge on any atom is 0.290 e. The Balaban J connectivity index is 2.20. The number of nitrogens with zero attached hydrogens (tertiary/aromatic N) is 2. The lowest BCUT2D eigenvalue weighted by Gasteiger charge is -2.23. The summed E-state index contributed by atoms with van der Waals surface area (Å²) >= 11 is 0. The van der Waals surface area contributed by atoms with E-state index in [4.69, 9.17) is 14.2 Å². The van der Waals surface area contributed by atoms with Gasteiger partial charge in [0.1, 0.15) is 0 Å². The van der Waals surface area contributed by atoms with Crippen LogP contribution in [0.5, 0.6) is 17.2 Å². The minimum atomic E-state index is -0.540. The molecule has 2 N–H and O–H groups in total. The predicted molar refractivity (Wildman–Crippen MR) is 112 cm³/mol. The molecule has 2 rings (SSSR count). The quantitative estimate of drug-likeness (QED) is 0.699. The van der Waals surface area contributed by atoms with E-state index in [1.165, 1.54) is 33.5 Å². The van der Waals surface area contributed by atoms with Gasteiger partial charge in [-0.25, -0.2) is 0 Å². The summed E-state index contributed by atoms with van der Waals surface area (Å²) in [6.45, 7) is 10.1. The van der Waals surface area contributed by atoms with Crippen LogP contribution in [0, 0.1) is 0 Å². The van der Waals surface area contributed by atoms with E-state index in [0.29, 0.717) is 17.2 Å².